The van der Waals surface area contributed by atoms with Gasteiger partial charge >= 0.3 is 5.97 Å². The molecule has 4 N–H and O–H groups in total. The topological polar surface area (TPSA) is 197 Å². The van der Waals surface area contributed by atoms with Gasteiger partial charge in [0, 0.05) is 98.8 Å². The number of fused-ring (bicyclic) bond motifs is 2. The largest absolute Gasteiger partial charge is 0.420 e. The van der Waals surface area contributed by atoms with E-state index in [1.165, 1.54) is 16.7 Å². The van der Waals surface area contributed by atoms with Gasteiger partial charge in [0.25, 0.3) is 11.8 Å². The maximum absolute atomic E-state index is 14.1. The number of esters is 1. The van der Waals surface area contributed by atoms with Crippen molar-refractivity contribution in [3.63, 3.8) is 0 Å². The first-order valence-electron chi connectivity index (χ1n) is 25.1. The lowest BCUT2D eigenvalue weighted by Crippen LogP contribution is -2.38. The van der Waals surface area contributed by atoms with Gasteiger partial charge in [0.2, 0.25) is 52.6 Å². The smallest absolute Gasteiger partial charge is 0.314 e. The number of ether oxygens (including phenoxy) is 1. The first-order chi connectivity index (χ1) is 36.0. The molecule has 1 unspecified atom stereocenters. The summed E-state index contributed by atoms with van der Waals surface area (Å²) in [5, 5.41) is 5.20. The van der Waals surface area contributed by atoms with Crippen molar-refractivity contribution in [2.75, 3.05) is 43.8 Å². The van der Waals surface area contributed by atoms with Gasteiger partial charge in [0.15, 0.2) is 0 Å². The molecule has 8 rings (SSSR count). The number of aliphatic imine (C=N–C) groups is 1. The van der Waals surface area contributed by atoms with Crippen LogP contribution in [0.1, 0.15) is 108 Å². The Morgan fingerprint density at radius 2 is 1.55 bits per heavy atom. The summed E-state index contributed by atoms with van der Waals surface area (Å²) >= 11 is 1.26. The van der Waals surface area contributed by atoms with E-state index in [9.17, 15) is 50.7 Å². The Kier molecular flexibility index (Phi) is 17.5. The fourth-order valence-electron chi connectivity index (χ4n) is 9.78. The Hall–Kier alpha value is -7.00. The van der Waals surface area contributed by atoms with Crippen LogP contribution in [0.3, 0.4) is 0 Å². The Labute approximate surface area is 434 Å². The number of carbonyl (C=O) groups excluding carboxylic acids is 6. The SMILES string of the molecule is CCCN(CCC)C(=O)C1=Cc2ccc(C(=O)Nc3cnc4c(c3)CN(Cc3ccc(C(=O)NCCSC5CC(=O)N(CC6CCC(C(=O)Oc7c(F)c(F)c(F)c(F)c7F)CC6)C5=O)cc3)CC4)cc2N=C(N)C1. The number of nitrogens with zero attached hydrogens (tertiary/aromatic N) is 5. The summed E-state index contributed by atoms with van der Waals surface area (Å²) in [5.74, 6) is -15.9. The van der Waals surface area contributed by atoms with E-state index < -0.39 is 52.0 Å². The third kappa shape index (κ3) is 12.8. The molecule has 21 heteroatoms. The molecule has 5 amide bonds. The van der Waals surface area contributed by atoms with E-state index in [-0.39, 0.29) is 74.2 Å². The van der Waals surface area contributed by atoms with Crippen LogP contribution in [0.4, 0.5) is 33.3 Å². The minimum Gasteiger partial charge on any atom is -0.420 e. The van der Waals surface area contributed by atoms with Crippen molar-refractivity contribution >= 4 is 70.6 Å². The highest BCUT2D eigenvalue weighted by molar-refractivity contribution is 8.00. The average Bonchev–Trinajstić information content (AvgIpc) is 3.54. The molecule has 15 nitrogen and oxygen atoms in total. The quantitative estimate of drug-likeness (QED) is 0.0166. The molecule has 1 saturated carbocycles. The zero-order chi connectivity index (χ0) is 53.5. The van der Waals surface area contributed by atoms with Crippen molar-refractivity contribution < 1.29 is 55.5 Å². The van der Waals surface area contributed by atoms with Crippen molar-refractivity contribution in [1.29, 1.82) is 0 Å². The number of pyridine rings is 1. The number of benzene rings is 3. The number of thioether (sulfide) groups is 1. The van der Waals surface area contributed by atoms with Gasteiger partial charge in [-0.2, -0.15) is 8.78 Å². The Balaban J connectivity index is 0.758. The zero-order valence-corrected chi connectivity index (χ0v) is 42.3. The number of anilines is 1. The number of hydrogen-bond acceptors (Lipinski definition) is 12. The highest BCUT2D eigenvalue weighted by Crippen LogP contribution is 2.36. The fraction of sp³-hybridized carbons (Fsp3) is 0.407. The summed E-state index contributed by atoms with van der Waals surface area (Å²) in [4.78, 5) is 93.2. The lowest BCUT2D eigenvalue weighted by Gasteiger charge is -2.29. The standard InChI is InChI=1S/C54H57F5N8O7S/c1-3-17-66(18-4-2)52(71)36-21-34-13-14-35(23-40(34)64-42(60)24-36)51(70)63-38-22-37-29-65(19-15-39(37)62-26-38)27-30-5-9-32(10-6-30)50(69)61-16-20-75-41-25-43(68)67(53(41)72)28-31-7-11-33(12-8-31)54(73)74-49-47(58)45(56)44(55)46(57)48(49)59/h5-6,9-10,13-14,21-23,26,31,33,41H,3-4,7-8,11-12,15-20,24-25,27-29H2,1-2H3,(H2,60,64)(H,61,69)(H,63,70). The summed E-state index contributed by atoms with van der Waals surface area (Å²) in [7, 11) is 0. The van der Waals surface area contributed by atoms with Crippen LogP contribution >= 0.6 is 11.8 Å². The van der Waals surface area contributed by atoms with Gasteiger partial charge in [-0.25, -0.2) is 18.2 Å². The van der Waals surface area contributed by atoms with E-state index in [1.807, 2.05) is 43.0 Å². The van der Waals surface area contributed by atoms with Crippen molar-refractivity contribution in [2.24, 2.45) is 22.6 Å². The van der Waals surface area contributed by atoms with Gasteiger partial charge < -0.3 is 26.0 Å². The molecular formula is C54H57F5N8O7S. The van der Waals surface area contributed by atoms with E-state index in [2.05, 4.69) is 30.2 Å². The number of nitrogens with one attached hydrogen (secondary N) is 2. The zero-order valence-electron chi connectivity index (χ0n) is 41.5. The molecule has 3 aromatic carbocycles. The van der Waals surface area contributed by atoms with Crippen LogP contribution in [-0.4, -0.2) is 105 Å². The van der Waals surface area contributed by atoms with Crippen LogP contribution in [0.5, 0.6) is 5.75 Å². The molecule has 75 heavy (non-hydrogen) atoms. The summed E-state index contributed by atoms with van der Waals surface area (Å²) in [6, 6.07) is 14.4. The van der Waals surface area contributed by atoms with E-state index in [1.54, 1.807) is 36.5 Å². The van der Waals surface area contributed by atoms with E-state index in [0.29, 0.717) is 90.7 Å². The van der Waals surface area contributed by atoms with Crippen molar-refractivity contribution in [3.05, 3.63) is 123 Å². The molecule has 3 aliphatic heterocycles. The molecule has 4 aliphatic rings. The number of aromatic nitrogens is 1. The highest BCUT2D eigenvalue weighted by atomic mass is 32.2. The third-order valence-electron chi connectivity index (χ3n) is 13.7. The summed E-state index contributed by atoms with van der Waals surface area (Å²) in [6.07, 6.45) is 7.08. The second-order valence-electron chi connectivity index (χ2n) is 19.2. The minimum absolute atomic E-state index is 0.00899. The van der Waals surface area contributed by atoms with Gasteiger partial charge in [0.05, 0.1) is 28.7 Å². The van der Waals surface area contributed by atoms with Gasteiger partial charge in [0.1, 0.15) is 5.84 Å². The molecule has 1 aromatic heterocycles. The van der Waals surface area contributed by atoms with Crippen LogP contribution < -0.4 is 21.1 Å². The number of nitrogens with two attached hydrogens (primary N) is 1. The van der Waals surface area contributed by atoms with Crippen molar-refractivity contribution in [2.45, 2.75) is 90.0 Å². The second kappa shape index (κ2) is 24.1. The van der Waals surface area contributed by atoms with Gasteiger partial charge in [-0.05, 0) is 92.0 Å². The van der Waals surface area contributed by atoms with E-state index >= 15 is 0 Å². The number of carbonyl (C=O) groups is 6. The normalized spacial score (nSPS) is 18.6. The number of hydrogen-bond donors (Lipinski definition) is 3. The molecule has 0 spiro atoms. The first kappa shape index (κ1) is 54.3. The molecule has 1 saturated heterocycles. The van der Waals surface area contributed by atoms with Gasteiger partial charge in [-0.15, -0.1) is 11.8 Å². The maximum Gasteiger partial charge on any atom is 0.314 e. The third-order valence-corrected chi connectivity index (χ3v) is 14.9. The number of halogens is 5. The van der Waals surface area contributed by atoms with Crippen molar-refractivity contribution in [3.8, 4) is 5.75 Å². The highest BCUT2D eigenvalue weighted by Gasteiger charge is 2.41. The number of amidine groups is 1. The molecule has 4 aromatic rings. The summed E-state index contributed by atoms with van der Waals surface area (Å²) < 4.78 is 73.3. The number of imide groups is 1. The van der Waals surface area contributed by atoms with Crippen LogP contribution in [0.15, 0.2) is 65.3 Å². The number of rotatable bonds is 18. The molecule has 2 fully saturated rings. The number of amides is 5. The van der Waals surface area contributed by atoms with Crippen LogP contribution in [0.2, 0.25) is 0 Å². The molecular weight excluding hydrogens is 1000 g/mol. The molecule has 0 bridgehead atoms. The summed E-state index contributed by atoms with van der Waals surface area (Å²) in [5.41, 5.74) is 12.4. The summed E-state index contributed by atoms with van der Waals surface area (Å²) in [6.45, 7) is 7.69. The van der Waals surface area contributed by atoms with E-state index in [0.717, 1.165) is 36.2 Å². The predicted octanol–water partition coefficient (Wildman–Crippen LogP) is 8.01. The lowest BCUT2D eigenvalue weighted by molar-refractivity contribution is -0.143. The van der Waals surface area contributed by atoms with Crippen LogP contribution in [-0.2, 0) is 38.7 Å². The molecule has 1 atom stereocenters. The van der Waals surface area contributed by atoms with E-state index in [4.69, 9.17) is 5.73 Å². The van der Waals surface area contributed by atoms with Crippen LogP contribution in [0.25, 0.3) is 6.08 Å². The Morgan fingerprint density at radius 1 is 0.867 bits per heavy atom. The predicted molar refractivity (Wildman–Crippen MR) is 271 cm³/mol. The molecule has 396 valence electrons. The Morgan fingerprint density at radius 3 is 2.24 bits per heavy atom. The fourth-order valence-corrected chi connectivity index (χ4v) is 10.8. The van der Waals surface area contributed by atoms with Gasteiger partial charge in [-0.3, -0.25) is 43.6 Å². The monoisotopic (exact) mass is 1060 g/mol. The average molecular weight is 1060 g/mol. The van der Waals surface area contributed by atoms with Gasteiger partial charge in [-0.1, -0.05) is 32.0 Å². The Bertz CT molecular complexity index is 2910. The number of likely N-dealkylation sites (tertiary alicyclic amines) is 1. The second-order valence-corrected chi connectivity index (χ2v) is 20.5. The molecule has 1 aliphatic carbocycles. The lowest BCUT2D eigenvalue weighted by atomic mass is 9.82. The van der Waals surface area contributed by atoms with Crippen molar-refractivity contribution in [1.82, 2.24) is 25.0 Å². The minimum atomic E-state index is -2.37. The first-order valence-corrected chi connectivity index (χ1v) is 26.1. The molecule has 4 heterocycles. The maximum atomic E-state index is 14.1. The van der Waals surface area contributed by atoms with Crippen LogP contribution in [0, 0.1) is 40.9 Å². The molecule has 0 radical (unpaired) electrons.